The average molecular weight is 430 g/mol. The van der Waals surface area contributed by atoms with Crippen molar-refractivity contribution in [2.45, 2.75) is 63.0 Å². The third-order valence-corrected chi connectivity index (χ3v) is 7.26. The number of sulfonamides is 1. The second-order valence-electron chi connectivity index (χ2n) is 7.91. The van der Waals surface area contributed by atoms with Crippen molar-refractivity contribution in [2.75, 3.05) is 5.73 Å². The Morgan fingerprint density at radius 2 is 2.00 bits per heavy atom. The number of benzene rings is 1. The predicted molar refractivity (Wildman–Crippen MR) is 116 cm³/mol. The first kappa shape index (κ1) is 20.8. The minimum Gasteiger partial charge on any atom is -0.393 e. The summed E-state index contributed by atoms with van der Waals surface area (Å²) in [5, 5.41) is 9.66. The fourth-order valence-electron chi connectivity index (χ4n) is 3.96. The summed E-state index contributed by atoms with van der Waals surface area (Å²) in [7, 11) is -3.68. The van der Waals surface area contributed by atoms with Gasteiger partial charge in [0.05, 0.1) is 28.6 Å². The van der Waals surface area contributed by atoms with Crippen LogP contribution in [-0.4, -0.2) is 40.0 Å². The number of imidazole rings is 1. The Kier molecular flexibility index (Phi) is 5.52. The lowest BCUT2D eigenvalue weighted by Crippen LogP contribution is -2.38. The van der Waals surface area contributed by atoms with E-state index in [1.54, 1.807) is 24.4 Å². The van der Waals surface area contributed by atoms with Crippen LogP contribution in [0.15, 0.2) is 35.5 Å². The van der Waals surface area contributed by atoms with Crippen LogP contribution in [0.5, 0.6) is 0 Å². The van der Waals surface area contributed by atoms with Crippen LogP contribution in [0.2, 0.25) is 0 Å². The van der Waals surface area contributed by atoms with Crippen LogP contribution in [-0.2, 0) is 16.4 Å². The summed E-state index contributed by atoms with van der Waals surface area (Å²) in [6, 6.07) is 4.95. The maximum atomic E-state index is 13.0. The Morgan fingerprint density at radius 3 is 2.70 bits per heavy atom. The number of hydrogen-bond donors (Lipinski definition) is 3. The lowest BCUT2D eigenvalue weighted by molar-refractivity contribution is 0.120. The highest BCUT2D eigenvalue weighted by Crippen LogP contribution is 2.29. The summed E-state index contributed by atoms with van der Waals surface area (Å²) in [5.74, 6) is 0.350. The Balaban J connectivity index is 1.72. The molecule has 8 nitrogen and oxygen atoms in total. The minimum atomic E-state index is -3.68. The SMILES string of the molecule is CCc1cn2c(-c3cc(S(=O)(=O)N[C@H]4CC[C@H](O)CC4)ccc3C)cnc2c(N)n1. The molecule has 160 valence electrons. The van der Waals surface area contributed by atoms with E-state index in [1.165, 1.54) is 0 Å². The Labute approximate surface area is 176 Å². The number of aryl methyl sites for hydroxylation is 2. The van der Waals surface area contributed by atoms with Gasteiger partial charge >= 0.3 is 0 Å². The molecule has 0 radical (unpaired) electrons. The van der Waals surface area contributed by atoms with Gasteiger partial charge in [0.2, 0.25) is 10.0 Å². The molecule has 0 unspecified atom stereocenters. The number of aliphatic hydroxyl groups excluding tert-OH is 1. The quantitative estimate of drug-likeness (QED) is 0.572. The van der Waals surface area contributed by atoms with Crippen LogP contribution in [0.3, 0.4) is 0 Å². The van der Waals surface area contributed by atoms with Crippen molar-refractivity contribution in [1.82, 2.24) is 19.1 Å². The van der Waals surface area contributed by atoms with E-state index in [4.69, 9.17) is 5.73 Å². The topological polar surface area (TPSA) is 123 Å². The number of aromatic nitrogens is 3. The standard InChI is InChI=1S/C21H27N5O3S/c1-3-14-12-26-19(11-23-21(26)20(22)24-14)18-10-17(9-4-13(18)2)30(28,29)25-15-5-7-16(27)8-6-15/h4,9-12,15-16,25,27H,3,5-8H2,1-2H3,(H2,22,24)/t15-,16-. The second kappa shape index (κ2) is 7.98. The van der Waals surface area contributed by atoms with Crippen molar-refractivity contribution < 1.29 is 13.5 Å². The molecule has 1 aliphatic carbocycles. The number of anilines is 1. The van der Waals surface area contributed by atoms with Gasteiger partial charge in [-0.3, -0.25) is 4.40 Å². The normalized spacial score (nSPS) is 20.0. The van der Waals surface area contributed by atoms with E-state index in [9.17, 15) is 13.5 Å². The van der Waals surface area contributed by atoms with Gasteiger partial charge in [0.15, 0.2) is 11.5 Å². The second-order valence-corrected chi connectivity index (χ2v) is 9.63. The first-order chi connectivity index (χ1) is 14.3. The number of nitrogens with zero attached hydrogens (tertiary/aromatic N) is 3. The molecule has 4 N–H and O–H groups in total. The fourth-order valence-corrected chi connectivity index (χ4v) is 5.29. The molecular formula is C21H27N5O3S. The molecule has 0 aliphatic heterocycles. The molecule has 2 aromatic heterocycles. The van der Waals surface area contributed by atoms with Crippen molar-refractivity contribution in [3.63, 3.8) is 0 Å². The van der Waals surface area contributed by atoms with E-state index in [-0.39, 0.29) is 17.0 Å². The molecule has 3 aromatic rings. The first-order valence-electron chi connectivity index (χ1n) is 10.2. The number of hydrogen-bond acceptors (Lipinski definition) is 6. The summed E-state index contributed by atoms with van der Waals surface area (Å²) in [4.78, 5) is 8.95. The van der Waals surface area contributed by atoms with Crippen molar-refractivity contribution in [2.24, 2.45) is 0 Å². The molecule has 0 bridgehead atoms. The number of aliphatic hydroxyl groups is 1. The highest BCUT2D eigenvalue weighted by molar-refractivity contribution is 7.89. The lowest BCUT2D eigenvalue weighted by atomic mass is 9.94. The van der Waals surface area contributed by atoms with Gasteiger partial charge in [-0.25, -0.2) is 23.1 Å². The van der Waals surface area contributed by atoms with E-state index < -0.39 is 10.0 Å². The summed E-state index contributed by atoms with van der Waals surface area (Å²) in [6.45, 7) is 3.94. The number of rotatable bonds is 5. The van der Waals surface area contributed by atoms with Gasteiger partial charge in [0.25, 0.3) is 0 Å². The maximum absolute atomic E-state index is 13.0. The summed E-state index contributed by atoms with van der Waals surface area (Å²) >= 11 is 0. The lowest BCUT2D eigenvalue weighted by Gasteiger charge is -2.26. The third kappa shape index (κ3) is 3.92. The molecule has 2 heterocycles. The molecule has 30 heavy (non-hydrogen) atoms. The van der Waals surface area contributed by atoms with Crippen LogP contribution in [0.4, 0.5) is 5.82 Å². The van der Waals surface area contributed by atoms with Crippen LogP contribution < -0.4 is 10.5 Å². The number of nitrogens with two attached hydrogens (primary N) is 1. The fraction of sp³-hybridized carbons (Fsp3) is 0.429. The monoisotopic (exact) mass is 429 g/mol. The van der Waals surface area contributed by atoms with Gasteiger partial charge in [-0.15, -0.1) is 0 Å². The zero-order chi connectivity index (χ0) is 21.5. The molecule has 0 saturated heterocycles. The smallest absolute Gasteiger partial charge is 0.240 e. The van der Waals surface area contributed by atoms with Crippen LogP contribution in [0.25, 0.3) is 16.9 Å². The highest BCUT2D eigenvalue weighted by atomic mass is 32.2. The van der Waals surface area contributed by atoms with Gasteiger partial charge in [-0.1, -0.05) is 13.0 Å². The molecule has 1 fully saturated rings. The number of nitrogen functional groups attached to an aromatic ring is 1. The number of nitrogens with one attached hydrogen (secondary N) is 1. The zero-order valence-electron chi connectivity index (χ0n) is 17.2. The van der Waals surface area contributed by atoms with Gasteiger partial charge < -0.3 is 10.8 Å². The Morgan fingerprint density at radius 1 is 1.27 bits per heavy atom. The molecular weight excluding hydrogens is 402 g/mol. The molecule has 4 rings (SSSR count). The van der Waals surface area contributed by atoms with Crippen molar-refractivity contribution >= 4 is 21.5 Å². The Hall–Kier alpha value is -2.49. The van der Waals surface area contributed by atoms with Crippen LogP contribution in [0, 0.1) is 6.92 Å². The number of fused-ring (bicyclic) bond motifs is 1. The van der Waals surface area contributed by atoms with E-state index in [2.05, 4.69) is 14.7 Å². The van der Waals surface area contributed by atoms with Crippen LogP contribution in [0.1, 0.15) is 43.9 Å². The molecule has 0 spiro atoms. The van der Waals surface area contributed by atoms with Crippen molar-refractivity contribution in [3.8, 4) is 11.3 Å². The van der Waals surface area contributed by atoms with Crippen molar-refractivity contribution in [1.29, 1.82) is 0 Å². The third-order valence-electron chi connectivity index (χ3n) is 5.74. The minimum absolute atomic E-state index is 0.156. The summed E-state index contributed by atoms with van der Waals surface area (Å²) in [6.07, 6.45) is 6.48. The highest BCUT2D eigenvalue weighted by Gasteiger charge is 2.25. The van der Waals surface area contributed by atoms with Gasteiger partial charge in [-0.05, 0) is 56.7 Å². The maximum Gasteiger partial charge on any atom is 0.240 e. The van der Waals surface area contributed by atoms with Gasteiger partial charge in [0.1, 0.15) is 0 Å². The first-order valence-corrected chi connectivity index (χ1v) is 11.7. The van der Waals surface area contributed by atoms with E-state index in [1.807, 2.05) is 24.4 Å². The zero-order valence-corrected chi connectivity index (χ0v) is 18.0. The van der Waals surface area contributed by atoms with Crippen molar-refractivity contribution in [3.05, 3.63) is 41.9 Å². The molecule has 9 heteroatoms. The van der Waals surface area contributed by atoms with Gasteiger partial charge in [-0.2, -0.15) is 0 Å². The largest absolute Gasteiger partial charge is 0.393 e. The van der Waals surface area contributed by atoms with E-state index >= 15 is 0 Å². The van der Waals surface area contributed by atoms with E-state index in [0.717, 1.165) is 28.9 Å². The predicted octanol–water partition coefficient (Wildman–Crippen LogP) is 2.43. The van der Waals surface area contributed by atoms with Gasteiger partial charge in [0, 0.05) is 17.8 Å². The summed E-state index contributed by atoms with van der Waals surface area (Å²) in [5.41, 5.74) is 9.92. The Bertz CT molecular complexity index is 1180. The van der Waals surface area contributed by atoms with E-state index in [0.29, 0.717) is 37.1 Å². The molecule has 1 aromatic carbocycles. The molecule has 1 saturated carbocycles. The average Bonchev–Trinajstić information content (AvgIpc) is 3.14. The molecule has 1 aliphatic rings. The molecule has 0 atom stereocenters. The molecule has 0 amide bonds. The summed E-state index contributed by atoms with van der Waals surface area (Å²) < 4.78 is 30.7. The van der Waals surface area contributed by atoms with Crippen LogP contribution >= 0.6 is 0 Å².